The normalized spacial score (nSPS) is 13.9. The van der Waals surface area contributed by atoms with Crippen molar-refractivity contribution in [3.63, 3.8) is 0 Å². The standard InChI is InChI=1S/C6H7N/c1-5-2-3-6-4-7(5)6/h2-3H,4H2,1H3. The number of aromatic nitrogens is 1. The van der Waals surface area contributed by atoms with Crippen LogP contribution in [0.4, 0.5) is 0 Å². The third-order valence-corrected chi connectivity index (χ3v) is 1.51. The molecular formula is C6H7N. The number of nitrogens with zero attached hydrogens (tertiary/aromatic N) is 1. The minimum Gasteiger partial charge on any atom is -0.341 e. The molecule has 0 N–H and O–H groups in total. The minimum atomic E-state index is 1.20. The van der Waals surface area contributed by atoms with Gasteiger partial charge < -0.3 is 4.57 Å². The molecule has 0 radical (unpaired) electrons. The lowest BCUT2D eigenvalue weighted by Crippen LogP contribution is -1.71. The van der Waals surface area contributed by atoms with Crippen LogP contribution in [-0.2, 0) is 6.54 Å². The van der Waals surface area contributed by atoms with Crippen molar-refractivity contribution in [2.75, 3.05) is 0 Å². The molecule has 1 aromatic heterocycles. The maximum Gasteiger partial charge on any atom is 0.0628 e. The summed E-state index contributed by atoms with van der Waals surface area (Å²) in [5.41, 5.74) is 2.88. The van der Waals surface area contributed by atoms with Gasteiger partial charge in [-0.05, 0) is 19.1 Å². The lowest BCUT2D eigenvalue weighted by atomic mass is 10.4. The zero-order valence-corrected chi connectivity index (χ0v) is 4.31. The number of hydrogen-bond donors (Lipinski definition) is 0. The molecule has 1 aromatic rings. The fourth-order valence-electron chi connectivity index (χ4n) is 0.927. The third-order valence-electron chi connectivity index (χ3n) is 1.51. The van der Waals surface area contributed by atoms with E-state index in [1.807, 2.05) is 0 Å². The van der Waals surface area contributed by atoms with Crippen LogP contribution in [0.1, 0.15) is 11.4 Å². The minimum absolute atomic E-state index is 1.20. The fourth-order valence-corrected chi connectivity index (χ4v) is 0.927. The van der Waals surface area contributed by atoms with Crippen molar-refractivity contribution in [1.29, 1.82) is 0 Å². The Labute approximate surface area is 42.6 Å². The zero-order chi connectivity index (χ0) is 4.85. The van der Waals surface area contributed by atoms with E-state index in [0.717, 1.165) is 0 Å². The number of hydrogen-bond acceptors (Lipinski definition) is 0. The van der Waals surface area contributed by atoms with E-state index >= 15 is 0 Å². The zero-order valence-electron chi connectivity index (χ0n) is 4.31. The van der Waals surface area contributed by atoms with Crippen molar-refractivity contribution in [3.05, 3.63) is 23.5 Å². The van der Waals surface area contributed by atoms with Crippen LogP contribution in [0.25, 0.3) is 0 Å². The molecule has 0 spiro atoms. The SMILES string of the molecule is Cc1ccc2n1C2. The van der Waals surface area contributed by atoms with Crippen molar-refractivity contribution in [3.8, 4) is 0 Å². The number of fused-ring (bicyclic) bond motifs is 1. The summed E-state index contributed by atoms with van der Waals surface area (Å²) in [5.74, 6) is 0. The summed E-state index contributed by atoms with van der Waals surface area (Å²) in [7, 11) is 0. The average molecular weight is 93.1 g/mol. The summed E-state index contributed by atoms with van der Waals surface area (Å²) in [6.07, 6.45) is 0. The van der Waals surface area contributed by atoms with Crippen LogP contribution in [0.5, 0.6) is 0 Å². The first kappa shape index (κ1) is 3.30. The van der Waals surface area contributed by atoms with Gasteiger partial charge in [-0.15, -0.1) is 0 Å². The molecule has 1 aliphatic rings. The summed E-state index contributed by atoms with van der Waals surface area (Å²) in [6.45, 7) is 3.33. The lowest BCUT2D eigenvalue weighted by Gasteiger charge is -1.78. The fraction of sp³-hybridized carbons (Fsp3) is 0.333. The van der Waals surface area contributed by atoms with Crippen LogP contribution in [-0.4, -0.2) is 4.57 Å². The molecule has 1 heteroatoms. The van der Waals surface area contributed by atoms with E-state index in [1.165, 1.54) is 17.9 Å². The van der Waals surface area contributed by atoms with Gasteiger partial charge in [-0.2, -0.15) is 0 Å². The second-order valence-electron chi connectivity index (χ2n) is 2.05. The molecule has 0 bridgehead atoms. The summed E-state index contributed by atoms with van der Waals surface area (Å²) < 4.78 is 2.29. The molecule has 0 atom stereocenters. The molecule has 0 aliphatic carbocycles. The summed E-state index contributed by atoms with van der Waals surface area (Å²) in [4.78, 5) is 0. The molecular weight excluding hydrogens is 86.1 g/mol. The smallest absolute Gasteiger partial charge is 0.0628 e. The van der Waals surface area contributed by atoms with Crippen molar-refractivity contribution in [1.82, 2.24) is 4.57 Å². The van der Waals surface area contributed by atoms with Crippen molar-refractivity contribution in [2.24, 2.45) is 0 Å². The molecule has 0 unspecified atom stereocenters. The molecule has 1 aliphatic heterocycles. The first-order valence-corrected chi connectivity index (χ1v) is 2.53. The van der Waals surface area contributed by atoms with Crippen LogP contribution in [0, 0.1) is 6.92 Å². The van der Waals surface area contributed by atoms with Crippen LogP contribution in [0.2, 0.25) is 0 Å². The Bertz CT molecular complexity index is 198. The Hall–Kier alpha value is -0.720. The molecule has 1 nitrogen and oxygen atoms in total. The molecule has 0 amide bonds. The Balaban J connectivity index is 2.76. The van der Waals surface area contributed by atoms with Gasteiger partial charge in [0.15, 0.2) is 0 Å². The van der Waals surface area contributed by atoms with Gasteiger partial charge in [-0.3, -0.25) is 0 Å². The third kappa shape index (κ3) is 0.279. The Morgan fingerprint density at radius 1 is 1.57 bits per heavy atom. The first-order valence-electron chi connectivity index (χ1n) is 2.53. The molecule has 0 fully saturated rings. The van der Waals surface area contributed by atoms with E-state index in [4.69, 9.17) is 0 Å². The molecule has 0 aromatic carbocycles. The van der Waals surface area contributed by atoms with Crippen molar-refractivity contribution in [2.45, 2.75) is 13.5 Å². The first-order chi connectivity index (χ1) is 3.38. The van der Waals surface area contributed by atoms with Gasteiger partial charge in [-0.25, -0.2) is 0 Å². The largest absolute Gasteiger partial charge is 0.341 e. The molecule has 0 saturated carbocycles. The van der Waals surface area contributed by atoms with E-state index in [-0.39, 0.29) is 0 Å². The highest BCUT2D eigenvalue weighted by molar-refractivity contribution is 5.25. The topological polar surface area (TPSA) is 4.93 Å². The predicted molar refractivity (Wildman–Crippen MR) is 28.3 cm³/mol. The molecule has 36 valence electrons. The average Bonchev–Trinajstić information content (AvgIpc) is 2.33. The predicted octanol–water partition coefficient (Wildman–Crippen LogP) is 1.16. The summed E-state index contributed by atoms with van der Waals surface area (Å²) in [5, 5.41) is 0. The van der Waals surface area contributed by atoms with Crippen LogP contribution in [0.3, 0.4) is 0 Å². The van der Waals surface area contributed by atoms with Gasteiger partial charge >= 0.3 is 0 Å². The van der Waals surface area contributed by atoms with Gasteiger partial charge in [-0.1, -0.05) is 0 Å². The monoisotopic (exact) mass is 93.1 g/mol. The maximum atomic E-state index is 2.29. The van der Waals surface area contributed by atoms with Gasteiger partial charge in [0.1, 0.15) is 0 Å². The highest BCUT2D eigenvalue weighted by Gasteiger charge is 2.15. The van der Waals surface area contributed by atoms with Gasteiger partial charge in [0.2, 0.25) is 0 Å². The maximum absolute atomic E-state index is 2.29. The van der Waals surface area contributed by atoms with Crippen molar-refractivity contribution < 1.29 is 0 Å². The van der Waals surface area contributed by atoms with E-state index in [0.29, 0.717) is 0 Å². The molecule has 7 heavy (non-hydrogen) atoms. The van der Waals surface area contributed by atoms with Crippen LogP contribution < -0.4 is 0 Å². The second kappa shape index (κ2) is 0.760. The van der Waals surface area contributed by atoms with Gasteiger partial charge in [0, 0.05) is 11.4 Å². The Morgan fingerprint density at radius 3 is 2.57 bits per heavy atom. The summed E-state index contributed by atoms with van der Waals surface area (Å²) >= 11 is 0. The number of rotatable bonds is 0. The van der Waals surface area contributed by atoms with Crippen LogP contribution in [0.15, 0.2) is 12.1 Å². The van der Waals surface area contributed by atoms with E-state index in [9.17, 15) is 0 Å². The van der Waals surface area contributed by atoms with E-state index in [1.54, 1.807) is 0 Å². The van der Waals surface area contributed by atoms with Crippen molar-refractivity contribution >= 4 is 0 Å². The van der Waals surface area contributed by atoms with Gasteiger partial charge in [0.05, 0.1) is 6.54 Å². The quantitative estimate of drug-likeness (QED) is 0.460. The number of aryl methyl sites for hydroxylation is 1. The molecule has 0 saturated heterocycles. The van der Waals surface area contributed by atoms with E-state index < -0.39 is 0 Å². The second-order valence-corrected chi connectivity index (χ2v) is 2.05. The Kier molecular flexibility index (Phi) is 0.359. The highest BCUT2D eigenvalue weighted by atomic mass is 15.1. The molecule has 2 rings (SSSR count). The van der Waals surface area contributed by atoms with Crippen LogP contribution >= 0.6 is 0 Å². The highest BCUT2D eigenvalue weighted by Crippen LogP contribution is 2.21. The van der Waals surface area contributed by atoms with Gasteiger partial charge in [0.25, 0.3) is 0 Å². The lowest BCUT2D eigenvalue weighted by molar-refractivity contribution is 1.04. The summed E-state index contributed by atoms with van der Waals surface area (Å²) in [6, 6.07) is 4.33. The van der Waals surface area contributed by atoms with E-state index in [2.05, 4.69) is 23.6 Å². The Morgan fingerprint density at radius 2 is 2.43 bits per heavy atom. The molecule has 2 heterocycles.